The number of carbonyl (C=O) groups is 1. The van der Waals surface area contributed by atoms with Crippen LogP contribution in [-0.4, -0.2) is 66.1 Å². The molecule has 30 heavy (non-hydrogen) atoms. The second-order valence-electron chi connectivity index (χ2n) is 7.89. The molecule has 1 amide bonds. The molecule has 2 aliphatic rings. The highest BCUT2D eigenvalue weighted by molar-refractivity contribution is 5.65. The number of ether oxygens (including phenoxy) is 1. The number of nitrogens with zero attached hydrogens (tertiary/aromatic N) is 1. The lowest BCUT2D eigenvalue weighted by Crippen LogP contribution is -2.41. The summed E-state index contributed by atoms with van der Waals surface area (Å²) >= 11 is 0. The first kappa shape index (κ1) is 22.2. The van der Waals surface area contributed by atoms with Crippen molar-refractivity contribution in [3.05, 3.63) is 53.8 Å². The molecule has 1 atom stereocenters. The third-order valence-corrected chi connectivity index (χ3v) is 5.46. The number of likely N-dealkylation sites (tertiary alicyclic amines) is 1. The van der Waals surface area contributed by atoms with Crippen LogP contribution in [0, 0.1) is 0 Å². The maximum Gasteiger partial charge on any atom is 0.407 e. The molecule has 0 bridgehead atoms. The highest BCUT2D eigenvalue weighted by Gasteiger charge is 2.21. The number of aliphatic hydroxyl groups is 1. The molecule has 4 N–H and O–H groups in total. The van der Waals surface area contributed by atoms with Crippen molar-refractivity contribution in [3.8, 4) is 0 Å². The minimum absolute atomic E-state index is 0.301. The van der Waals surface area contributed by atoms with E-state index in [4.69, 9.17) is 9.84 Å². The molecule has 1 aromatic rings. The number of amides is 1. The van der Waals surface area contributed by atoms with Gasteiger partial charge in [0.05, 0.1) is 0 Å². The number of carboxylic acid groups (broad SMARTS) is 1. The SMILES string of the molecule is O=C(O)N1CCC(Nc2ccc(CCNC[C@H](O)COC3=CCCC=C3)cc2)CC1. The first-order chi connectivity index (χ1) is 14.6. The predicted molar refractivity (Wildman–Crippen MR) is 118 cm³/mol. The van der Waals surface area contributed by atoms with Gasteiger partial charge in [0, 0.05) is 31.4 Å². The van der Waals surface area contributed by atoms with Gasteiger partial charge in [-0.1, -0.05) is 18.2 Å². The van der Waals surface area contributed by atoms with E-state index in [1.165, 1.54) is 10.5 Å². The number of benzene rings is 1. The van der Waals surface area contributed by atoms with E-state index < -0.39 is 12.2 Å². The zero-order chi connectivity index (χ0) is 21.2. The van der Waals surface area contributed by atoms with Crippen LogP contribution in [0.25, 0.3) is 0 Å². The summed E-state index contributed by atoms with van der Waals surface area (Å²) in [7, 11) is 0. The summed E-state index contributed by atoms with van der Waals surface area (Å²) in [6.07, 6.45) is 9.35. The van der Waals surface area contributed by atoms with Crippen molar-refractivity contribution in [2.45, 2.75) is 44.2 Å². The van der Waals surface area contributed by atoms with Crippen molar-refractivity contribution in [1.82, 2.24) is 10.2 Å². The smallest absolute Gasteiger partial charge is 0.407 e. The van der Waals surface area contributed by atoms with Crippen LogP contribution < -0.4 is 10.6 Å². The van der Waals surface area contributed by atoms with Crippen LogP contribution in [0.4, 0.5) is 10.5 Å². The molecule has 1 saturated heterocycles. The van der Waals surface area contributed by atoms with Gasteiger partial charge in [-0.3, -0.25) is 0 Å². The summed E-state index contributed by atoms with van der Waals surface area (Å²) in [6, 6.07) is 8.69. The molecule has 1 aliphatic heterocycles. The second kappa shape index (κ2) is 11.6. The van der Waals surface area contributed by atoms with Crippen molar-refractivity contribution in [1.29, 1.82) is 0 Å². The summed E-state index contributed by atoms with van der Waals surface area (Å²) in [5.41, 5.74) is 2.30. The van der Waals surface area contributed by atoms with Crippen LogP contribution in [0.15, 0.2) is 48.3 Å². The van der Waals surface area contributed by atoms with Gasteiger partial charge in [-0.15, -0.1) is 0 Å². The van der Waals surface area contributed by atoms with Gasteiger partial charge in [-0.25, -0.2) is 4.79 Å². The molecule has 1 aromatic carbocycles. The Hall–Kier alpha value is -2.51. The summed E-state index contributed by atoms with van der Waals surface area (Å²) in [6.45, 7) is 2.77. The maximum atomic E-state index is 11.0. The van der Waals surface area contributed by atoms with Crippen LogP contribution in [0.1, 0.15) is 31.2 Å². The molecule has 1 fully saturated rings. The van der Waals surface area contributed by atoms with Crippen molar-refractivity contribution in [2.24, 2.45) is 0 Å². The maximum absolute atomic E-state index is 11.0. The number of rotatable bonds is 10. The van der Waals surface area contributed by atoms with Crippen LogP contribution in [0.5, 0.6) is 0 Å². The van der Waals surface area contributed by atoms with Gasteiger partial charge in [-0.2, -0.15) is 0 Å². The van der Waals surface area contributed by atoms with E-state index in [-0.39, 0.29) is 0 Å². The normalized spacial score (nSPS) is 18.0. The van der Waals surface area contributed by atoms with E-state index in [9.17, 15) is 9.90 Å². The Morgan fingerprint density at radius 1 is 1.20 bits per heavy atom. The molecule has 164 valence electrons. The van der Waals surface area contributed by atoms with Crippen LogP contribution in [0.3, 0.4) is 0 Å². The highest BCUT2D eigenvalue weighted by Crippen LogP contribution is 2.17. The number of piperidine rings is 1. The largest absolute Gasteiger partial charge is 0.491 e. The number of anilines is 1. The molecule has 1 heterocycles. The molecule has 0 saturated carbocycles. The van der Waals surface area contributed by atoms with E-state index in [2.05, 4.69) is 47.1 Å². The third-order valence-electron chi connectivity index (χ3n) is 5.46. The fourth-order valence-electron chi connectivity index (χ4n) is 3.67. The van der Waals surface area contributed by atoms with E-state index in [0.29, 0.717) is 32.3 Å². The molecular formula is C23H33N3O4. The zero-order valence-electron chi connectivity index (χ0n) is 17.4. The van der Waals surface area contributed by atoms with Crippen molar-refractivity contribution in [3.63, 3.8) is 0 Å². The van der Waals surface area contributed by atoms with E-state index in [0.717, 1.165) is 50.1 Å². The van der Waals surface area contributed by atoms with Crippen molar-refractivity contribution in [2.75, 3.05) is 38.1 Å². The number of aliphatic hydroxyl groups excluding tert-OH is 1. The Morgan fingerprint density at radius 3 is 2.63 bits per heavy atom. The molecular weight excluding hydrogens is 382 g/mol. The Kier molecular flexibility index (Phi) is 8.59. The number of allylic oxidation sites excluding steroid dienone is 3. The van der Waals surface area contributed by atoms with Gasteiger partial charge in [0.2, 0.25) is 0 Å². The van der Waals surface area contributed by atoms with Gasteiger partial charge in [-0.05, 0) is 68.5 Å². The summed E-state index contributed by atoms with van der Waals surface area (Å²) < 4.78 is 5.60. The van der Waals surface area contributed by atoms with Crippen molar-refractivity contribution >= 4 is 11.8 Å². The Morgan fingerprint density at radius 2 is 1.97 bits per heavy atom. The van der Waals surface area contributed by atoms with Gasteiger partial charge in [0.1, 0.15) is 18.5 Å². The molecule has 3 rings (SSSR count). The Labute approximate surface area is 178 Å². The average Bonchev–Trinajstić information content (AvgIpc) is 2.77. The van der Waals surface area contributed by atoms with Crippen LogP contribution in [0.2, 0.25) is 0 Å². The van der Waals surface area contributed by atoms with E-state index >= 15 is 0 Å². The first-order valence-corrected chi connectivity index (χ1v) is 10.8. The standard InChI is InChI=1S/C23H33N3O4/c27-21(17-30-22-4-2-1-3-5-22)16-24-13-10-18-6-8-19(9-7-18)25-20-11-14-26(15-12-20)23(28)29/h2,4-9,20-21,24-25,27H,1,3,10-17H2,(H,28,29)/t21-/m0/s1. The lowest BCUT2D eigenvalue weighted by atomic mass is 10.0. The van der Waals surface area contributed by atoms with Crippen LogP contribution >= 0.6 is 0 Å². The zero-order valence-corrected chi connectivity index (χ0v) is 17.4. The first-order valence-electron chi connectivity index (χ1n) is 10.8. The molecule has 7 heteroatoms. The minimum Gasteiger partial charge on any atom is -0.491 e. The van der Waals surface area contributed by atoms with Crippen molar-refractivity contribution < 1.29 is 19.7 Å². The fourth-order valence-corrected chi connectivity index (χ4v) is 3.67. The number of nitrogens with one attached hydrogen (secondary N) is 2. The fraction of sp³-hybridized carbons (Fsp3) is 0.522. The molecule has 0 radical (unpaired) electrons. The van der Waals surface area contributed by atoms with E-state index in [1.807, 2.05) is 6.08 Å². The van der Waals surface area contributed by atoms with Gasteiger partial charge in [0.25, 0.3) is 0 Å². The summed E-state index contributed by atoms with van der Waals surface area (Å²) in [5, 5.41) is 25.8. The monoisotopic (exact) mass is 415 g/mol. The topological polar surface area (TPSA) is 94.1 Å². The Bertz CT molecular complexity index is 724. The van der Waals surface area contributed by atoms with E-state index in [1.54, 1.807) is 0 Å². The quantitative estimate of drug-likeness (QED) is 0.439. The number of hydrogen-bond acceptors (Lipinski definition) is 5. The van der Waals surface area contributed by atoms with Gasteiger partial charge < -0.3 is 30.5 Å². The molecule has 1 aliphatic carbocycles. The van der Waals surface area contributed by atoms with Gasteiger partial charge in [0.15, 0.2) is 0 Å². The number of hydrogen-bond donors (Lipinski definition) is 4. The average molecular weight is 416 g/mol. The molecule has 0 spiro atoms. The molecule has 0 unspecified atom stereocenters. The minimum atomic E-state index is -0.828. The third kappa shape index (κ3) is 7.39. The van der Waals surface area contributed by atoms with Gasteiger partial charge >= 0.3 is 6.09 Å². The lowest BCUT2D eigenvalue weighted by Gasteiger charge is -2.31. The predicted octanol–water partition coefficient (Wildman–Crippen LogP) is 2.98. The van der Waals surface area contributed by atoms with Crippen LogP contribution in [-0.2, 0) is 11.2 Å². The summed E-state index contributed by atoms with van der Waals surface area (Å²) in [4.78, 5) is 12.5. The molecule has 0 aromatic heterocycles. The second-order valence-corrected chi connectivity index (χ2v) is 7.89. The Balaban J connectivity index is 1.28. The lowest BCUT2D eigenvalue weighted by molar-refractivity contribution is 0.0749. The summed E-state index contributed by atoms with van der Waals surface area (Å²) in [5.74, 6) is 0.849. The molecule has 7 nitrogen and oxygen atoms in total. The highest BCUT2D eigenvalue weighted by atomic mass is 16.5.